The molecule has 3 rings (SSSR count). The topological polar surface area (TPSA) is 102 Å². The van der Waals surface area contributed by atoms with Crippen LogP contribution in [0.5, 0.6) is 5.75 Å². The maximum Gasteiger partial charge on any atom is 0.326 e. The number of carbonyl (C=O) groups is 4. The number of imide groups is 1. The fourth-order valence-corrected chi connectivity index (χ4v) is 4.24. The molecule has 1 fully saturated rings. The maximum atomic E-state index is 12.6. The summed E-state index contributed by atoms with van der Waals surface area (Å²) in [4.78, 5) is 50.1. The van der Waals surface area contributed by atoms with Crippen molar-refractivity contribution in [2.45, 2.75) is 39.5 Å². The summed E-state index contributed by atoms with van der Waals surface area (Å²) in [5.41, 5.74) is 2.49. The Hall–Kier alpha value is -3.59. The Balaban J connectivity index is 1.54. The lowest BCUT2D eigenvalue weighted by atomic mass is 10.0. The van der Waals surface area contributed by atoms with Gasteiger partial charge in [0.2, 0.25) is 0 Å². The summed E-state index contributed by atoms with van der Waals surface area (Å²) in [5.74, 6) is -0.645. The molecule has 2 aromatic carbocycles. The van der Waals surface area contributed by atoms with Crippen LogP contribution in [0.15, 0.2) is 53.4 Å². The van der Waals surface area contributed by atoms with E-state index in [1.54, 1.807) is 30.3 Å². The smallest absolute Gasteiger partial charge is 0.326 e. The number of thioether (sulfide) groups is 1. The summed E-state index contributed by atoms with van der Waals surface area (Å²) < 4.78 is 10.6. The van der Waals surface area contributed by atoms with Gasteiger partial charge in [0.05, 0.1) is 11.5 Å². The first-order chi connectivity index (χ1) is 17.3. The second-order valence-corrected chi connectivity index (χ2v) is 9.48. The summed E-state index contributed by atoms with van der Waals surface area (Å²) >= 11 is 0.776. The number of unbranched alkanes of at least 4 members (excludes halogenated alkanes) is 1. The van der Waals surface area contributed by atoms with Crippen LogP contribution in [-0.2, 0) is 19.1 Å². The number of nitrogens with zero attached hydrogens (tertiary/aromatic N) is 1. The van der Waals surface area contributed by atoms with Crippen LogP contribution in [0.4, 0.5) is 10.5 Å². The van der Waals surface area contributed by atoms with Gasteiger partial charge in [-0.1, -0.05) is 57.5 Å². The molecule has 36 heavy (non-hydrogen) atoms. The van der Waals surface area contributed by atoms with Crippen LogP contribution in [0.1, 0.15) is 50.7 Å². The minimum Gasteiger partial charge on any atom is -0.484 e. The first kappa shape index (κ1) is 27.0. The van der Waals surface area contributed by atoms with Crippen LogP contribution in [0.3, 0.4) is 0 Å². The molecule has 8 nitrogen and oxygen atoms in total. The van der Waals surface area contributed by atoms with E-state index in [-0.39, 0.29) is 29.9 Å². The second-order valence-electron chi connectivity index (χ2n) is 8.49. The molecule has 0 unspecified atom stereocenters. The molecule has 0 aliphatic carbocycles. The van der Waals surface area contributed by atoms with E-state index in [4.69, 9.17) is 9.47 Å². The highest BCUT2D eigenvalue weighted by Crippen LogP contribution is 2.32. The van der Waals surface area contributed by atoms with Crippen molar-refractivity contribution in [2.24, 2.45) is 0 Å². The van der Waals surface area contributed by atoms with E-state index in [0.717, 1.165) is 40.8 Å². The number of hydrogen-bond donors (Lipinski definition) is 1. The van der Waals surface area contributed by atoms with Crippen molar-refractivity contribution in [3.8, 4) is 5.75 Å². The molecule has 3 amide bonds. The second kappa shape index (κ2) is 12.9. The van der Waals surface area contributed by atoms with Crippen molar-refractivity contribution in [3.05, 3.63) is 64.6 Å². The lowest BCUT2D eigenvalue weighted by Crippen LogP contribution is -2.34. The van der Waals surface area contributed by atoms with Crippen molar-refractivity contribution in [1.82, 2.24) is 4.90 Å². The molecule has 0 atom stereocenters. The molecule has 1 N–H and O–H groups in total. The van der Waals surface area contributed by atoms with E-state index in [2.05, 4.69) is 19.2 Å². The normalized spacial score (nSPS) is 14.4. The highest BCUT2D eigenvalue weighted by atomic mass is 32.2. The summed E-state index contributed by atoms with van der Waals surface area (Å²) in [5, 5.41) is 2.37. The molecule has 1 aliphatic rings. The van der Waals surface area contributed by atoms with Crippen molar-refractivity contribution >= 4 is 46.5 Å². The third kappa shape index (κ3) is 7.45. The number of rotatable bonds is 11. The Morgan fingerprint density at radius 3 is 2.50 bits per heavy atom. The molecular formula is C27H30N2O6S. The number of ether oxygens (including phenoxy) is 2. The van der Waals surface area contributed by atoms with Crippen LogP contribution in [0.25, 0.3) is 6.08 Å². The van der Waals surface area contributed by atoms with E-state index in [1.165, 1.54) is 0 Å². The van der Waals surface area contributed by atoms with E-state index < -0.39 is 23.7 Å². The quantitative estimate of drug-likeness (QED) is 0.252. The molecule has 2 aromatic rings. The monoisotopic (exact) mass is 510 g/mol. The lowest BCUT2D eigenvalue weighted by molar-refractivity contribution is -0.146. The number of anilines is 1. The predicted octanol–water partition coefficient (Wildman–Crippen LogP) is 5.21. The number of para-hydroxylation sites is 1. The van der Waals surface area contributed by atoms with Crippen molar-refractivity contribution in [2.75, 3.05) is 25.1 Å². The van der Waals surface area contributed by atoms with E-state index in [9.17, 15) is 19.2 Å². The molecule has 0 saturated carbocycles. The van der Waals surface area contributed by atoms with Gasteiger partial charge in [-0.3, -0.25) is 24.1 Å². The third-order valence-corrected chi connectivity index (χ3v) is 6.23. The minimum atomic E-state index is -0.606. The first-order valence-electron chi connectivity index (χ1n) is 11.8. The highest BCUT2D eigenvalue weighted by molar-refractivity contribution is 8.18. The zero-order chi connectivity index (χ0) is 26.1. The Labute approximate surface area is 215 Å². The Bertz CT molecular complexity index is 1140. The van der Waals surface area contributed by atoms with Crippen LogP contribution in [0.2, 0.25) is 0 Å². The van der Waals surface area contributed by atoms with Crippen LogP contribution in [0, 0.1) is 0 Å². The summed E-state index contributed by atoms with van der Waals surface area (Å²) in [6.07, 6.45) is 3.18. The first-order valence-corrected chi connectivity index (χ1v) is 12.6. The van der Waals surface area contributed by atoms with Crippen molar-refractivity contribution in [1.29, 1.82) is 0 Å². The number of hydrogen-bond acceptors (Lipinski definition) is 7. The summed E-state index contributed by atoms with van der Waals surface area (Å²) in [7, 11) is 0. The van der Waals surface area contributed by atoms with Crippen molar-refractivity contribution < 1.29 is 28.7 Å². The van der Waals surface area contributed by atoms with Gasteiger partial charge in [-0.2, -0.15) is 0 Å². The Morgan fingerprint density at radius 1 is 1.08 bits per heavy atom. The Morgan fingerprint density at radius 2 is 1.81 bits per heavy atom. The fourth-order valence-electron chi connectivity index (χ4n) is 3.40. The number of benzene rings is 2. The summed E-state index contributed by atoms with van der Waals surface area (Å²) in [6, 6.07) is 14.4. The van der Waals surface area contributed by atoms with Gasteiger partial charge >= 0.3 is 5.97 Å². The van der Waals surface area contributed by atoms with Gasteiger partial charge in [0.25, 0.3) is 17.1 Å². The van der Waals surface area contributed by atoms with Gasteiger partial charge in [-0.15, -0.1) is 0 Å². The van der Waals surface area contributed by atoms with E-state index >= 15 is 0 Å². The largest absolute Gasteiger partial charge is 0.484 e. The van der Waals surface area contributed by atoms with Gasteiger partial charge in [0, 0.05) is 5.69 Å². The molecule has 1 heterocycles. The average molecular weight is 511 g/mol. The molecule has 1 saturated heterocycles. The number of nitrogens with one attached hydrogen (secondary N) is 1. The molecule has 0 aromatic heterocycles. The fraction of sp³-hybridized carbons (Fsp3) is 0.333. The van der Waals surface area contributed by atoms with Crippen LogP contribution in [-0.4, -0.2) is 47.7 Å². The zero-order valence-corrected chi connectivity index (χ0v) is 21.4. The average Bonchev–Trinajstić information content (AvgIpc) is 3.11. The van der Waals surface area contributed by atoms with Crippen LogP contribution >= 0.6 is 11.8 Å². The van der Waals surface area contributed by atoms with Crippen molar-refractivity contribution in [3.63, 3.8) is 0 Å². The molecule has 9 heteroatoms. The number of amides is 3. The molecule has 0 bridgehead atoms. The maximum absolute atomic E-state index is 12.6. The van der Waals surface area contributed by atoms with Gasteiger partial charge < -0.3 is 14.8 Å². The molecular weight excluding hydrogens is 480 g/mol. The SMILES string of the molecule is CCCCOC(=O)CN1C(=O)S/C(=C/c2ccc(OCC(=O)Nc3ccccc3C(C)C)cc2)C1=O. The standard InChI is InChI=1S/C27H30N2O6S/c1-4-5-14-34-25(31)16-29-26(32)23(36-27(29)33)15-19-10-12-20(13-11-19)35-17-24(30)28-22-9-7-6-8-21(22)18(2)3/h6-13,15,18H,4-5,14,16-17H2,1-3H3,(H,28,30)/b23-15+. The van der Waals surface area contributed by atoms with Gasteiger partial charge in [-0.05, 0) is 59.5 Å². The number of esters is 1. The third-order valence-electron chi connectivity index (χ3n) is 5.33. The van der Waals surface area contributed by atoms with E-state index in [0.29, 0.717) is 11.3 Å². The van der Waals surface area contributed by atoms with Gasteiger partial charge in [-0.25, -0.2) is 0 Å². The zero-order valence-electron chi connectivity index (χ0n) is 20.6. The van der Waals surface area contributed by atoms with E-state index in [1.807, 2.05) is 31.2 Å². The van der Waals surface area contributed by atoms with Gasteiger partial charge in [0.1, 0.15) is 12.3 Å². The molecule has 0 radical (unpaired) electrons. The predicted molar refractivity (Wildman–Crippen MR) is 140 cm³/mol. The molecule has 0 spiro atoms. The summed E-state index contributed by atoms with van der Waals surface area (Å²) in [6.45, 7) is 5.81. The lowest BCUT2D eigenvalue weighted by Gasteiger charge is -2.14. The minimum absolute atomic E-state index is 0.154. The molecule has 190 valence electrons. The van der Waals surface area contributed by atoms with Crippen LogP contribution < -0.4 is 10.1 Å². The Kier molecular flexibility index (Phi) is 9.69. The molecule has 1 aliphatic heterocycles. The highest BCUT2D eigenvalue weighted by Gasteiger charge is 2.36. The van der Waals surface area contributed by atoms with Gasteiger partial charge in [0.15, 0.2) is 6.61 Å². The number of carbonyl (C=O) groups excluding carboxylic acids is 4.